The van der Waals surface area contributed by atoms with Gasteiger partial charge < -0.3 is 4.52 Å². The second-order valence-electron chi connectivity index (χ2n) is 8.02. The van der Waals surface area contributed by atoms with Crippen LogP contribution in [0.3, 0.4) is 0 Å². The van der Waals surface area contributed by atoms with Gasteiger partial charge in [-0.2, -0.15) is 0 Å². The average molecular weight is 379 g/mol. The Kier molecular flexibility index (Phi) is 4.44. The molecule has 28 heavy (non-hydrogen) atoms. The molecule has 1 atom stereocenters. The van der Waals surface area contributed by atoms with E-state index in [0.717, 1.165) is 56.4 Å². The summed E-state index contributed by atoms with van der Waals surface area (Å²) in [6.45, 7) is 5.32. The average Bonchev–Trinajstić information content (AvgIpc) is 3.16. The highest BCUT2D eigenvalue weighted by Gasteiger charge is 2.41. The van der Waals surface area contributed by atoms with Gasteiger partial charge in [-0.05, 0) is 48.9 Å². The number of piperidine rings is 1. The molecule has 0 saturated carbocycles. The number of rotatable bonds is 3. The minimum absolute atomic E-state index is 0.0746. The van der Waals surface area contributed by atoms with Gasteiger partial charge in [0.15, 0.2) is 5.58 Å². The number of hydrogen-bond donors (Lipinski definition) is 1. The van der Waals surface area contributed by atoms with E-state index in [0.29, 0.717) is 11.5 Å². The normalized spacial score (nSPS) is 23.8. The van der Waals surface area contributed by atoms with E-state index in [1.807, 2.05) is 0 Å². The van der Waals surface area contributed by atoms with Crippen molar-refractivity contribution in [3.05, 3.63) is 65.1 Å². The predicted molar refractivity (Wildman–Crippen MR) is 108 cm³/mol. The van der Waals surface area contributed by atoms with Gasteiger partial charge in [-0.15, -0.1) is 0 Å². The predicted octanol–water partition coefficient (Wildman–Crippen LogP) is 4.56. The molecule has 5 heteroatoms. The zero-order valence-electron chi connectivity index (χ0n) is 16.2. The van der Waals surface area contributed by atoms with Crippen molar-refractivity contribution in [2.75, 3.05) is 19.6 Å². The van der Waals surface area contributed by atoms with Gasteiger partial charge in [0.25, 0.3) is 0 Å². The van der Waals surface area contributed by atoms with Gasteiger partial charge in [0.05, 0.1) is 11.4 Å². The summed E-state index contributed by atoms with van der Waals surface area (Å²) in [7, 11) is 0. The number of nitrogens with one attached hydrogen (secondary N) is 1. The molecule has 0 bridgehead atoms. The van der Waals surface area contributed by atoms with E-state index in [9.17, 15) is 4.39 Å². The molecule has 5 rings (SSSR count). The van der Waals surface area contributed by atoms with E-state index < -0.39 is 0 Å². The summed E-state index contributed by atoms with van der Waals surface area (Å²) in [5, 5.41) is 9.09. The van der Waals surface area contributed by atoms with Crippen molar-refractivity contribution in [1.82, 2.24) is 15.4 Å². The Balaban J connectivity index is 1.39. The molecule has 2 aromatic carbocycles. The Morgan fingerprint density at radius 2 is 2.04 bits per heavy atom. The van der Waals surface area contributed by atoms with Gasteiger partial charge >= 0.3 is 0 Å². The molecule has 1 fully saturated rings. The largest absolute Gasteiger partial charge is 0.356 e. The van der Waals surface area contributed by atoms with Crippen molar-refractivity contribution in [1.29, 1.82) is 0 Å². The maximum Gasteiger partial charge on any atom is 0.170 e. The van der Waals surface area contributed by atoms with Gasteiger partial charge in [0.1, 0.15) is 5.82 Å². The maximum absolute atomic E-state index is 13.4. The van der Waals surface area contributed by atoms with Crippen molar-refractivity contribution in [2.45, 2.75) is 44.2 Å². The molecule has 2 aliphatic rings. The van der Waals surface area contributed by atoms with Gasteiger partial charge in [0, 0.05) is 37.0 Å². The summed E-state index contributed by atoms with van der Waals surface area (Å²) in [4.78, 5) is 2.61. The van der Waals surface area contributed by atoms with Gasteiger partial charge in [0.2, 0.25) is 0 Å². The molecule has 3 aromatic rings. The fourth-order valence-electron chi connectivity index (χ4n) is 5.22. The summed E-state index contributed by atoms with van der Waals surface area (Å²) in [6.07, 6.45) is 4.20. The lowest BCUT2D eigenvalue weighted by Crippen LogP contribution is -2.60. The molecular formula is C23H26FN3O. The topological polar surface area (TPSA) is 41.3 Å². The van der Waals surface area contributed by atoms with Crippen LogP contribution in [0.1, 0.15) is 48.9 Å². The lowest BCUT2D eigenvalue weighted by atomic mass is 9.83. The standard InChI is InChI=1S/C23H26FN3O/c1-2-23(20-6-4-3-5-16(20)9-12-25-23)27-13-10-17(11-14-27)22-19-8-7-18(24)15-21(19)28-26-22/h3-8,15,17,25H,2,9-14H2,1H3. The molecule has 0 amide bonds. The fourth-order valence-corrected chi connectivity index (χ4v) is 5.22. The van der Waals surface area contributed by atoms with E-state index in [1.165, 1.54) is 23.3 Å². The number of hydrogen-bond acceptors (Lipinski definition) is 4. The number of aromatic nitrogens is 1. The van der Waals surface area contributed by atoms with Crippen LogP contribution in [0.25, 0.3) is 11.0 Å². The molecule has 1 saturated heterocycles. The third-order valence-electron chi connectivity index (χ3n) is 6.67. The summed E-state index contributed by atoms with van der Waals surface area (Å²) in [6, 6.07) is 13.6. The molecule has 146 valence electrons. The van der Waals surface area contributed by atoms with Crippen molar-refractivity contribution in [3.8, 4) is 0 Å². The van der Waals surface area contributed by atoms with Gasteiger partial charge in [-0.25, -0.2) is 4.39 Å². The number of halogens is 1. The molecule has 0 spiro atoms. The second-order valence-corrected chi connectivity index (χ2v) is 8.02. The van der Waals surface area contributed by atoms with Crippen molar-refractivity contribution >= 4 is 11.0 Å². The Bertz CT molecular complexity index is 992. The highest BCUT2D eigenvalue weighted by molar-refractivity contribution is 5.79. The SMILES string of the molecule is CCC1(N2CCC(c3noc4cc(F)ccc34)CC2)NCCc2ccccc21. The molecule has 0 aliphatic carbocycles. The zero-order chi connectivity index (χ0) is 19.1. The van der Waals surface area contributed by atoms with E-state index >= 15 is 0 Å². The first-order valence-corrected chi connectivity index (χ1v) is 10.3. The van der Waals surface area contributed by atoms with Gasteiger partial charge in [-0.3, -0.25) is 10.2 Å². The Hall–Kier alpha value is -2.24. The number of fused-ring (bicyclic) bond motifs is 2. The number of nitrogens with zero attached hydrogens (tertiary/aromatic N) is 2. The lowest BCUT2D eigenvalue weighted by molar-refractivity contribution is 0.0185. The van der Waals surface area contributed by atoms with Crippen molar-refractivity contribution < 1.29 is 8.91 Å². The van der Waals surface area contributed by atoms with Crippen LogP contribution in [-0.2, 0) is 12.1 Å². The Morgan fingerprint density at radius 1 is 1.21 bits per heavy atom. The molecule has 1 aromatic heterocycles. The van der Waals surface area contributed by atoms with Crippen molar-refractivity contribution in [3.63, 3.8) is 0 Å². The first kappa shape index (κ1) is 17.8. The Morgan fingerprint density at radius 3 is 2.86 bits per heavy atom. The van der Waals surface area contributed by atoms with E-state index in [2.05, 4.69) is 46.6 Å². The van der Waals surface area contributed by atoms with Gasteiger partial charge in [-0.1, -0.05) is 36.3 Å². The van der Waals surface area contributed by atoms with Crippen molar-refractivity contribution in [2.24, 2.45) is 0 Å². The molecule has 1 N–H and O–H groups in total. The summed E-state index contributed by atoms with van der Waals surface area (Å²) in [5.41, 5.74) is 4.36. The highest BCUT2D eigenvalue weighted by Crippen LogP contribution is 2.40. The first-order chi connectivity index (χ1) is 13.7. The molecule has 2 aliphatic heterocycles. The third-order valence-corrected chi connectivity index (χ3v) is 6.67. The van der Waals surface area contributed by atoms with Crippen LogP contribution in [0.4, 0.5) is 4.39 Å². The smallest absolute Gasteiger partial charge is 0.170 e. The van der Waals surface area contributed by atoms with Crippen LogP contribution in [0.2, 0.25) is 0 Å². The minimum Gasteiger partial charge on any atom is -0.356 e. The number of benzene rings is 2. The first-order valence-electron chi connectivity index (χ1n) is 10.3. The molecule has 1 unspecified atom stereocenters. The quantitative estimate of drug-likeness (QED) is 0.725. The molecule has 0 radical (unpaired) electrons. The minimum atomic E-state index is -0.281. The van der Waals surface area contributed by atoms with Crippen LogP contribution in [0.5, 0.6) is 0 Å². The van der Waals surface area contributed by atoms with E-state index in [4.69, 9.17) is 4.52 Å². The summed E-state index contributed by atoms with van der Waals surface area (Å²) in [5.74, 6) is 0.0765. The lowest BCUT2D eigenvalue weighted by Gasteiger charge is -2.50. The van der Waals surface area contributed by atoms with E-state index in [-0.39, 0.29) is 11.5 Å². The van der Waals surface area contributed by atoms with Crippen LogP contribution in [0.15, 0.2) is 47.0 Å². The summed E-state index contributed by atoms with van der Waals surface area (Å²) >= 11 is 0. The highest BCUT2D eigenvalue weighted by atomic mass is 19.1. The van der Waals surface area contributed by atoms with Crippen LogP contribution in [-0.4, -0.2) is 29.7 Å². The van der Waals surface area contributed by atoms with E-state index in [1.54, 1.807) is 6.07 Å². The van der Waals surface area contributed by atoms with Crippen LogP contribution >= 0.6 is 0 Å². The molecular weight excluding hydrogens is 353 g/mol. The third kappa shape index (κ3) is 2.76. The fraction of sp³-hybridized carbons (Fsp3) is 0.435. The number of likely N-dealkylation sites (tertiary alicyclic amines) is 1. The monoisotopic (exact) mass is 379 g/mol. The summed E-state index contributed by atoms with van der Waals surface area (Å²) < 4.78 is 18.8. The second kappa shape index (κ2) is 6.98. The Labute approximate surface area is 164 Å². The molecule has 4 nitrogen and oxygen atoms in total. The maximum atomic E-state index is 13.4. The van der Waals surface area contributed by atoms with Crippen LogP contribution < -0.4 is 5.32 Å². The van der Waals surface area contributed by atoms with Crippen LogP contribution in [0, 0.1) is 5.82 Å². The zero-order valence-corrected chi connectivity index (χ0v) is 16.2. The molecule has 3 heterocycles.